The molecule has 2 rings (SSSR count). The van der Waals surface area contributed by atoms with Crippen LogP contribution < -0.4 is 10.6 Å². The summed E-state index contributed by atoms with van der Waals surface area (Å²) in [7, 11) is 1.82. The zero-order valence-electron chi connectivity index (χ0n) is 6.42. The Morgan fingerprint density at radius 2 is 2.45 bits per heavy atom. The van der Waals surface area contributed by atoms with Gasteiger partial charge in [-0.05, 0) is 12.8 Å². The third kappa shape index (κ3) is 1.45. The Kier molecular flexibility index (Phi) is 1.45. The number of aromatic nitrogens is 1. The SMILES string of the molecule is CNc1cc(NC2CC2)on1. The molecule has 1 fully saturated rings. The van der Waals surface area contributed by atoms with Crippen molar-refractivity contribution in [3.8, 4) is 0 Å². The number of rotatable bonds is 3. The van der Waals surface area contributed by atoms with Crippen LogP contribution >= 0.6 is 0 Å². The van der Waals surface area contributed by atoms with E-state index >= 15 is 0 Å². The lowest BCUT2D eigenvalue weighted by Crippen LogP contribution is -1.98. The van der Waals surface area contributed by atoms with Crippen LogP contribution in [0.3, 0.4) is 0 Å². The smallest absolute Gasteiger partial charge is 0.227 e. The fourth-order valence-electron chi connectivity index (χ4n) is 0.890. The monoisotopic (exact) mass is 153 g/mol. The molecule has 11 heavy (non-hydrogen) atoms. The molecule has 0 amide bonds. The van der Waals surface area contributed by atoms with Gasteiger partial charge < -0.3 is 15.2 Å². The molecule has 0 atom stereocenters. The van der Waals surface area contributed by atoms with Gasteiger partial charge in [0.25, 0.3) is 0 Å². The van der Waals surface area contributed by atoms with Gasteiger partial charge in [0.15, 0.2) is 5.82 Å². The van der Waals surface area contributed by atoms with Crippen molar-refractivity contribution in [2.75, 3.05) is 17.7 Å². The van der Waals surface area contributed by atoms with E-state index in [1.807, 2.05) is 13.1 Å². The minimum Gasteiger partial charge on any atom is -0.370 e. The normalized spacial score (nSPS) is 16.5. The molecule has 2 N–H and O–H groups in total. The van der Waals surface area contributed by atoms with Gasteiger partial charge in [0, 0.05) is 19.2 Å². The highest BCUT2D eigenvalue weighted by atomic mass is 16.5. The number of hydrogen-bond donors (Lipinski definition) is 2. The zero-order valence-corrected chi connectivity index (χ0v) is 6.42. The summed E-state index contributed by atoms with van der Waals surface area (Å²) < 4.78 is 4.98. The molecule has 0 radical (unpaired) electrons. The van der Waals surface area contributed by atoms with Gasteiger partial charge in [0.05, 0.1) is 0 Å². The molecule has 0 spiro atoms. The molecule has 4 nitrogen and oxygen atoms in total. The van der Waals surface area contributed by atoms with Crippen LogP contribution in [0.15, 0.2) is 10.6 Å². The summed E-state index contributed by atoms with van der Waals surface area (Å²) in [5, 5.41) is 9.86. The van der Waals surface area contributed by atoms with E-state index in [9.17, 15) is 0 Å². The molecular weight excluding hydrogens is 142 g/mol. The molecule has 0 unspecified atom stereocenters. The average Bonchev–Trinajstić information content (AvgIpc) is 2.68. The summed E-state index contributed by atoms with van der Waals surface area (Å²) in [5.41, 5.74) is 0. The van der Waals surface area contributed by atoms with E-state index in [0.717, 1.165) is 11.7 Å². The predicted molar refractivity (Wildman–Crippen MR) is 42.7 cm³/mol. The largest absolute Gasteiger partial charge is 0.370 e. The van der Waals surface area contributed by atoms with Crippen LogP contribution in [0.2, 0.25) is 0 Å². The van der Waals surface area contributed by atoms with Gasteiger partial charge in [-0.15, -0.1) is 0 Å². The fourth-order valence-corrected chi connectivity index (χ4v) is 0.890. The first-order chi connectivity index (χ1) is 5.38. The summed E-state index contributed by atoms with van der Waals surface area (Å²) in [6.45, 7) is 0. The highest BCUT2D eigenvalue weighted by Gasteiger charge is 2.22. The van der Waals surface area contributed by atoms with Gasteiger partial charge in [-0.1, -0.05) is 5.16 Å². The molecule has 1 aromatic rings. The lowest BCUT2D eigenvalue weighted by molar-refractivity contribution is 0.435. The maximum Gasteiger partial charge on any atom is 0.227 e. The van der Waals surface area contributed by atoms with E-state index in [2.05, 4.69) is 15.8 Å². The third-order valence-electron chi connectivity index (χ3n) is 1.69. The summed E-state index contributed by atoms with van der Waals surface area (Å²) in [6, 6.07) is 2.48. The first-order valence-corrected chi connectivity index (χ1v) is 3.79. The van der Waals surface area contributed by atoms with Crippen LogP contribution in [0.4, 0.5) is 11.7 Å². The Balaban J connectivity index is 1.99. The quantitative estimate of drug-likeness (QED) is 0.687. The molecule has 0 saturated heterocycles. The van der Waals surface area contributed by atoms with Gasteiger partial charge in [-0.2, -0.15) is 0 Å². The lowest BCUT2D eigenvalue weighted by atomic mass is 10.5. The second-order valence-electron chi connectivity index (χ2n) is 2.75. The van der Waals surface area contributed by atoms with E-state index in [1.54, 1.807) is 0 Å². The molecule has 0 bridgehead atoms. The van der Waals surface area contributed by atoms with Crippen molar-refractivity contribution in [3.05, 3.63) is 6.07 Å². The highest BCUT2D eigenvalue weighted by Crippen LogP contribution is 2.25. The van der Waals surface area contributed by atoms with Crippen LogP contribution in [0.25, 0.3) is 0 Å². The first kappa shape index (κ1) is 6.52. The minimum absolute atomic E-state index is 0.618. The summed E-state index contributed by atoms with van der Waals surface area (Å²) in [4.78, 5) is 0. The van der Waals surface area contributed by atoms with Crippen molar-refractivity contribution < 1.29 is 4.52 Å². The van der Waals surface area contributed by atoms with E-state index in [-0.39, 0.29) is 0 Å². The van der Waals surface area contributed by atoms with Crippen molar-refractivity contribution in [1.29, 1.82) is 0 Å². The van der Waals surface area contributed by atoms with Crippen LogP contribution in [-0.2, 0) is 0 Å². The van der Waals surface area contributed by atoms with Gasteiger partial charge in [-0.25, -0.2) is 0 Å². The molecule has 1 aliphatic rings. The molecule has 60 valence electrons. The van der Waals surface area contributed by atoms with E-state index in [4.69, 9.17) is 4.52 Å². The van der Waals surface area contributed by atoms with Crippen molar-refractivity contribution in [2.45, 2.75) is 18.9 Å². The Morgan fingerprint density at radius 3 is 3.00 bits per heavy atom. The van der Waals surface area contributed by atoms with Crippen LogP contribution in [0.1, 0.15) is 12.8 Å². The van der Waals surface area contributed by atoms with Gasteiger partial charge in [0.1, 0.15) is 0 Å². The van der Waals surface area contributed by atoms with Crippen LogP contribution in [0.5, 0.6) is 0 Å². The Morgan fingerprint density at radius 1 is 1.64 bits per heavy atom. The molecule has 1 heterocycles. The number of nitrogens with one attached hydrogen (secondary N) is 2. The standard InChI is InChI=1S/C7H11N3O/c1-8-6-4-7(11-10-6)9-5-2-3-5/h4-5,9H,2-3H2,1H3,(H,8,10). The Labute approximate surface area is 65.0 Å². The number of nitrogens with zero attached hydrogens (tertiary/aromatic N) is 1. The molecule has 1 saturated carbocycles. The fraction of sp³-hybridized carbons (Fsp3) is 0.571. The van der Waals surface area contributed by atoms with Crippen molar-refractivity contribution in [2.24, 2.45) is 0 Å². The molecular formula is C7H11N3O. The maximum absolute atomic E-state index is 4.98. The zero-order chi connectivity index (χ0) is 7.68. The van der Waals surface area contributed by atoms with Crippen molar-refractivity contribution in [3.63, 3.8) is 0 Å². The van der Waals surface area contributed by atoms with E-state index < -0.39 is 0 Å². The maximum atomic E-state index is 4.98. The van der Waals surface area contributed by atoms with Crippen molar-refractivity contribution in [1.82, 2.24) is 5.16 Å². The molecule has 1 aromatic heterocycles. The Bertz CT molecular complexity index is 242. The van der Waals surface area contributed by atoms with E-state index in [0.29, 0.717) is 6.04 Å². The predicted octanol–water partition coefficient (Wildman–Crippen LogP) is 1.29. The van der Waals surface area contributed by atoms with E-state index in [1.165, 1.54) is 12.8 Å². The van der Waals surface area contributed by atoms with Gasteiger partial charge in [0.2, 0.25) is 5.88 Å². The second kappa shape index (κ2) is 2.45. The average molecular weight is 153 g/mol. The lowest BCUT2D eigenvalue weighted by Gasteiger charge is -1.93. The first-order valence-electron chi connectivity index (χ1n) is 3.79. The van der Waals surface area contributed by atoms with Crippen molar-refractivity contribution >= 4 is 11.7 Å². The van der Waals surface area contributed by atoms with Gasteiger partial charge >= 0.3 is 0 Å². The molecule has 0 aliphatic heterocycles. The van der Waals surface area contributed by atoms with Crippen LogP contribution in [0, 0.1) is 0 Å². The minimum atomic E-state index is 0.618. The highest BCUT2D eigenvalue weighted by molar-refractivity contribution is 5.45. The van der Waals surface area contributed by atoms with Gasteiger partial charge in [-0.3, -0.25) is 0 Å². The number of anilines is 2. The summed E-state index contributed by atoms with van der Waals surface area (Å²) >= 11 is 0. The number of hydrogen-bond acceptors (Lipinski definition) is 4. The summed E-state index contributed by atoms with van der Waals surface area (Å²) in [6.07, 6.45) is 2.49. The van der Waals surface area contributed by atoms with Crippen LogP contribution in [-0.4, -0.2) is 18.2 Å². The molecule has 1 aliphatic carbocycles. The topological polar surface area (TPSA) is 50.1 Å². The molecule has 4 heteroatoms. The summed E-state index contributed by atoms with van der Waals surface area (Å²) in [5.74, 6) is 1.53. The third-order valence-corrected chi connectivity index (χ3v) is 1.69. The molecule has 0 aromatic carbocycles. The Hall–Kier alpha value is -1.19. The second-order valence-corrected chi connectivity index (χ2v) is 2.75.